The number of thioether (sulfide) groups is 1. The fraction of sp³-hybridized carbons (Fsp3) is 0.455. The molecule has 2 fully saturated rings. The van der Waals surface area contributed by atoms with E-state index >= 15 is 0 Å². The molecule has 1 N–H and O–H groups in total. The summed E-state index contributed by atoms with van der Waals surface area (Å²) in [6, 6.07) is 28.1. The average Bonchev–Trinajstić information content (AvgIpc) is 2.98. The van der Waals surface area contributed by atoms with Crippen LogP contribution in [0.3, 0.4) is 0 Å². The fourth-order valence-corrected chi connectivity index (χ4v) is 6.44. The summed E-state index contributed by atoms with van der Waals surface area (Å²) in [4.78, 5) is 1.15. The van der Waals surface area contributed by atoms with Gasteiger partial charge in [-0.2, -0.15) is 0 Å². The Kier molecular flexibility index (Phi) is 10.7. The van der Waals surface area contributed by atoms with Crippen LogP contribution >= 0.6 is 11.8 Å². The van der Waals surface area contributed by atoms with Crippen LogP contribution < -0.4 is 4.74 Å². The van der Waals surface area contributed by atoms with Gasteiger partial charge in [-0.3, -0.25) is 0 Å². The van der Waals surface area contributed by atoms with E-state index in [1.54, 1.807) is 18.9 Å². The van der Waals surface area contributed by atoms with Crippen LogP contribution in [0, 0.1) is 0 Å². The highest BCUT2D eigenvalue weighted by Gasteiger charge is 2.43. The van der Waals surface area contributed by atoms with Crippen molar-refractivity contribution in [3.8, 4) is 5.75 Å². The topological polar surface area (TPSA) is 75.6 Å². The lowest BCUT2D eigenvalue weighted by Crippen LogP contribution is -2.54. The molecule has 2 heterocycles. The first kappa shape index (κ1) is 30.0. The number of aliphatic hydroxyl groups is 1. The fourth-order valence-electron chi connectivity index (χ4n) is 5.30. The molecule has 0 unspecified atom stereocenters. The molecule has 0 radical (unpaired) electrons. The maximum absolute atomic E-state index is 11.0. The lowest BCUT2D eigenvalue weighted by atomic mass is 10.0. The summed E-state index contributed by atoms with van der Waals surface area (Å²) in [5.74, 6) is 0.808. The Labute approximate surface area is 247 Å². The van der Waals surface area contributed by atoms with Crippen LogP contribution in [-0.2, 0) is 36.9 Å². The highest BCUT2D eigenvalue weighted by atomic mass is 32.2. The third-order valence-electron chi connectivity index (χ3n) is 7.49. The quantitative estimate of drug-likeness (QED) is 0.297. The first-order valence-corrected chi connectivity index (χ1v) is 15.1. The molecule has 2 aliphatic rings. The standard InChI is InChI=1S/C33H40O7S/c1-22-32(37-21-24-10-6-4-7-11-24)28(34)18-30(38-22)40-33-23(2)39-31(41-27-12-8-5-9-13-27)19-29(33)36-20-25-14-16-26(35-3)17-15-25/h4-17,22-23,28-34H,18-21H2,1-3H3/t22-,23+,28+,29+,30-,31+,32+,33+/m1/s1. The van der Waals surface area contributed by atoms with Crippen LogP contribution in [0.5, 0.6) is 5.75 Å². The molecular formula is C33H40O7S. The van der Waals surface area contributed by atoms with Gasteiger partial charge in [-0.15, -0.1) is 0 Å². The van der Waals surface area contributed by atoms with Crippen molar-refractivity contribution >= 4 is 11.8 Å². The number of ether oxygens (including phenoxy) is 6. The van der Waals surface area contributed by atoms with Crippen LogP contribution in [0.1, 0.15) is 37.8 Å². The summed E-state index contributed by atoms with van der Waals surface area (Å²) in [5.41, 5.74) is 2.02. The maximum Gasteiger partial charge on any atom is 0.161 e. The number of hydrogen-bond donors (Lipinski definition) is 1. The van der Waals surface area contributed by atoms with Gasteiger partial charge in [-0.25, -0.2) is 0 Å². The van der Waals surface area contributed by atoms with Crippen molar-refractivity contribution in [1.82, 2.24) is 0 Å². The monoisotopic (exact) mass is 580 g/mol. The minimum Gasteiger partial charge on any atom is -0.497 e. The van der Waals surface area contributed by atoms with Crippen molar-refractivity contribution in [1.29, 1.82) is 0 Å². The molecule has 3 aromatic rings. The summed E-state index contributed by atoms with van der Waals surface area (Å²) < 4.78 is 37.0. The Balaban J connectivity index is 1.23. The molecule has 220 valence electrons. The van der Waals surface area contributed by atoms with Crippen LogP contribution in [-0.4, -0.2) is 60.6 Å². The van der Waals surface area contributed by atoms with Gasteiger partial charge in [-0.05, 0) is 49.2 Å². The summed E-state index contributed by atoms with van der Waals surface area (Å²) in [7, 11) is 1.66. The van der Waals surface area contributed by atoms with E-state index in [1.165, 1.54) is 0 Å². The average molecular weight is 581 g/mol. The van der Waals surface area contributed by atoms with Crippen LogP contribution in [0.2, 0.25) is 0 Å². The zero-order valence-corrected chi connectivity index (χ0v) is 24.7. The van der Waals surface area contributed by atoms with E-state index in [2.05, 4.69) is 12.1 Å². The summed E-state index contributed by atoms with van der Waals surface area (Å²) in [6.45, 7) is 4.78. The van der Waals surface area contributed by atoms with Crippen molar-refractivity contribution in [3.05, 3.63) is 96.1 Å². The molecule has 0 aliphatic carbocycles. The zero-order valence-electron chi connectivity index (χ0n) is 23.8. The van der Waals surface area contributed by atoms with Gasteiger partial charge in [0.2, 0.25) is 0 Å². The van der Waals surface area contributed by atoms with Crippen molar-refractivity contribution < 1.29 is 33.5 Å². The normalized spacial score (nSPS) is 30.1. The molecule has 0 aromatic heterocycles. The smallest absolute Gasteiger partial charge is 0.161 e. The molecule has 5 rings (SSSR count). The molecule has 8 heteroatoms. The summed E-state index contributed by atoms with van der Waals surface area (Å²) in [6.07, 6.45) is -1.98. The van der Waals surface area contributed by atoms with E-state index in [9.17, 15) is 5.11 Å². The molecular weight excluding hydrogens is 540 g/mol. The van der Waals surface area contributed by atoms with Gasteiger partial charge in [0.05, 0.1) is 44.7 Å². The highest BCUT2D eigenvalue weighted by Crippen LogP contribution is 2.37. The molecule has 0 spiro atoms. The molecule has 2 saturated heterocycles. The summed E-state index contributed by atoms with van der Waals surface area (Å²) >= 11 is 1.69. The Bertz CT molecular complexity index is 1170. The van der Waals surface area contributed by atoms with Crippen LogP contribution in [0.15, 0.2) is 89.8 Å². The van der Waals surface area contributed by atoms with Crippen molar-refractivity contribution in [2.45, 2.75) is 93.1 Å². The van der Waals surface area contributed by atoms with E-state index in [1.807, 2.05) is 86.6 Å². The Morgan fingerprint density at radius 1 is 0.756 bits per heavy atom. The Morgan fingerprint density at radius 3 is 2.07 bits per heavy atom. The predicted molar refractivity (Wildman–Crippen MR) is 158 cm³/mol. The first-order valence-electron chi connectivity index (χ1n) is 14.2. The molecule has 0 bridgehead atoms. The third-order valence-corrected chi connectivity index (χ3v) is 8.60. The Hall–Kier alpha value is -2.43. The van der Waals surface area contributed by atoms with E-state index in [4.69, 9.17) is 28.4 Å². The second kappa shape index (κ2) is 14.6. The lowest BCUT2D eigenvalue weighted by Gasteiger charge is -2.44. The third kappa shape index (κ3) is 8.32. The van der Waals surface area contributed by atoms with Gasteiger partial charge < -0.3 is 33.5 Å². The van der Waals surface area contributed by atoms with Crippen molar-refractivity contribution in [2.24, 2.45) is 0 Å². The zero-order chi connectivity index (χ0) is 28.6. The van der Waals surface area contributed by atoms with Gasteiger partial charge >= 0.3 is 0 Å². The first-order chi connectivity index (χ1) is 20.0. The van der Waals surface area contributed by atoms with Gasteiger partial charge in [-0.1, -0.05) is 72.4 Å². The maximum atomic E-state index is 11.0. The van der Waals surface area contributed by atoms with E-state index < -0.39 is 18.5 Å². The van der Waals surface area contributed by atoms with Gasteiger partial charge in [0.25, 0.3) is 0 Å². The lowest BCUT2D eigenvalue weighted by molar-refractivity contribution is -0.298. The number of hydrogen-bond acceptors (Lipinski definition) is 8. The van der Waals surface area contributed by atoms with Crippen LogP contribution in [0.25, 0.3) is 0 Å². The SMILES string of the molecule is COc1ccc(CO[C@H]2C[C@H](Sc3ccccc3)O[C@@H](C)[C@@H]2O[C@@H]2C[C@H](O)[C@@H](OCc3ccccc3)[C@@H](C)O2)cc1. The minimum absolute atomic E-state index is 0.0827. The number of rotatable bonds is 11. The molecule has 3 aromatic carbocycles. The highest BCUT2D eigenvalue weighted by molar-refractivity contribution is 7.99. The van der Waals surface area contributed by atoms with Gasteiger partial charge in [0.15, 0.2) is 6.29 Å². The van der Waals surface area contributed by atoms with Gasteiger partial charge in [0, 0.05) is 17.7 Å². The molecule has 8 atom stereocenters. The number of aliphatic hydroxyl groups excluding tert-OH is 1. The second-order valence-corrected chi connectivity index (χ2v) is 11.8. The minimum atomic E-state index is -0.715. The van der Waals surface area contributed by atoms with E-state index in [-0.39, 0.29) is 29.9 Å². The molecule has 2 aliphatic heterocycles. The Morgan fingerprint density at radius 2 is 1.39 bits per heavy atom. The van der Waals surface area contributed by atoms with Crippen molar-refractivity contribution in [3.63, 3.8) is 0 Å². The summed E-state index contributed by atoms with van der Waals surface area (Å²) in [5, 5.41) is 11.0. The van der Waals surface area contributed by atoms with E-state index in [0.29, 0.717) is 26.1 Å². The largest absolute Gasteiger partial charge is 0.497 e. The molecule has 7 nitrogen and oxygen atoms in total. The van der Waals surface area contributed by atoms with Crippen molar-refractivity contribution in [2.75, 3.05) is 7.11 Å². The van der Waals surface area contributed by atoms with Crippen LogP contribution in [0.4, 0.5) is 0 Å². The molecule has 41 heavy (non-hydrogen) atoms. The number of methoxy groups -OCH3 is 1. The van der Waals surface area contributed by atoms with E-state index in [0.717, 1.165) is 21.8 Å². The van der Waals surface area contributed by atoms with Gasteiger partial charge in [0.1, 0.15) is 23.4 Å². The second-order valence-electron chi connectivity index (χ2n) is 10.6. The predicted octanol–water partition coefficient (Wildman–Crippen LogP) is 5.97. The molecule has 0 amide bonds. The molecule has 0 saturated carbocycles. The number of benzene rings is 3.